The maximum Gasteiger partial charge on any atom is 0.278 e. The largest absolute Gasteiger partial charge is 0.369 e. The second-order valence-corrected chi connectivity index (χ2v) is 4.75. The van der Waals surface area contributed by atoms with Gasteiger partial charge in [-0.05, 0) is 25.6 Å². The summed E-state index contributed by atoms with van der Waals surface area (Å²) in [6.07, 6.45) is 0.871. The SMILES string of the molecule is CNCCc1ccccc1-c1nc2nc(N)[nH]c(=O)c2[nH]1. The van der Waals surface area contributed by atoms with Crippen LogP contribution in [0.15, 0.2) is 29.1 Å². The van der Waals surface area contributed by atoms with E-state index in [0.29, 0.717) is 17.0 Å². The number of hydrogen-bond donors (Lipinski definition) is 4. The van der Waals surface area contributed by atoms with Crippen LogP contribution < -0.4 is 16.6 Å². The van der Waals surface area contributed by atoms with E-state index in [2.05, 4.69) is 25.3 Å². The fourth-order valence-electron chi connectivity index (χ4n) is 2.28. The van der Waals surface area contributed by atoms with E-state index in [1.54, 1.807) is 0 Å². The van der Waals surface area contributed by atoms with Crippen molar-refractivity contribution in [3.63, 3.8) is 0 Å². The summed E-state index contributed by atoms with van der Waals surface area (Å²) in [5.41, 5.74) is 8.00. The number of anilines is 1. The zero-order valence-electron chi connectivity index (χ0n) is 11.6. The molecule has 2 heterocycles. The lowest BCUT2D eigenvalue weighted by molar-refractivity contribution is 0.792. The number of benzene rings is 1. The molecule has 3 aromatic rings. The second-order valence-electron chi connectivity index (χ2n) is 4.75. The lowest BCUT2D eigenvalue weighted by Crippen LogP contribution is -2.11. The van der Waals surface area contributed by atoms with Crippen molar-refractivity contribution in [1.29, 1.82) is 0 Å². The first-order valence-electron chi connectivity index (χ1n) is 6.67. The average molecular weight is 284 g/mol. The molecule has 3 rings (SSSR count). The minimum absolute atomic E-state index is 0.0639. The molecule has 0 spiro atoms. The first-order valence-corrected chi connectivity index (χ1v) is 6.67. The van der Waals surface area contributed by atoms with Crippen molar-refractivity contribution in [2.24, 2.45) is 0 Å². The number of nitrogens with two attached hydrogens (primary N) is 1. The second kappa shape index (κ2) is 5.37. The van der Waals surface area contributed by atoms with E-state index in [9.17, 15) is 4.79 Å². The predicted molar refractivity (Wildman–Crippen MR) is 82.0 cm³/mol. The monoisotopic (exact) mass is 284 g/mol. The number of imidazole rings is 1. The molecule has 7 heteroatoms. The Morgan fingerprint density at radius 3 is 2.86 bits per heavy atom. The van der Waals surface area contributed by atoms with Gasteiger partial charge in [0.2, 0.25) is 5.95 Å². The summed E-state index contributed by atoms with van der Waals surface area (Å²) >= 11 is 0. The van der Waals surface area contributed by atoms with Crippen molar-refractivity contribution in [2.45, 2.75) is 6.42 Å². The standard InChI is InChI=1S/C14H16N6O/c1-16-7-6-8-4-2-3-5-9(8)11-17-10-12(18-11)19-14(15)20-13(10)21/h2-5,16H,6-7H2,1H3,(H4,15,17,18,19,20,21). The molecule has 5 N–H and O–H groups in total. The van der Waals surface area contributed by atoms with E-state index in [-0.39, 0.29) is 11.5 Å². The molecule has 0 aliphatic carbocycles. The molecule has 0 bridgehead atoms. The maximum absolute atomic E-state index is 11.8. The Bertz CT molecular complexity index is 835. The number of nitrogens with zero attached hydrogens (tertiary/aromatic N) is 2. The summed E-state index contributed by atoms with van der Waals surface area (Å²) in [5, 5.41) is 3.12. The number of fused-ring (bicyclic) bond motifs is 1. The highest BCUT2D eigenvalue weighted by Gasteiger charge is 2.12. The van der Waals surface area contributed by atoms with Gasteiger partial charge in [0, 0.05) is 5.56 Å². The molecule has 1 aromatic carbocycles. The van der Waals surface area contributed by atoms with Gasteiger partial charge in [0.15, 0.2) is 11.2 Å². The maximum atomic E-state index is 11.8. The molecule has 108 valence electrons. The van der Waals surface area contributed by atoms with Gasteiger partial charge in [-0.1, -0.05) is 24.3 Å². The fraction of sp³-hybridized carbons (Fsp3) is 0.214. The molecule has 0 radical (unpaired) electrons. The quantitative estimate of drug-likeness (QED) is 0.562. The molecule has 0 aliphatic heterocycles. The van der Waals surface area contributed by atoms with Crippen LogP contribution >= 0.6 is 0 Å². The van der Waals surface area contributed by atoms with Crippen molar-refractivity contribution >= 4 is 17.1 Å². The highest BCUT2D eigenvalue weighted by Crippen LogP contribution is 2.22. The molecular formula is C14H16N6O. The minimum atomic E-state index is -0.316. The summed E-state index contributed by atoms with van der Waals surface area (Å²) in [7, 11) is 1.91. The van der Waals surface area contributed by atoms with E-state index >= 15 is 0 Å². The van der Waals surface area contributed by atoms with Gasteiger partial charge in [-0.15, -0.1) is 0 Å². The van der Waals surface area contributed by atoms with Crippen molar-refractivity contribution in [3.05, 3.63) is 40.2 Å². The number of H-pyrrole nitrogens is 2. The molecule has 0 amide bonds. The average Bonchev–Trinajstić information content (AvgIpc) is 2.89. The van der Waals surface area contributed by atoms with Gasteiger partial charge in [-0.3, -0.25) is 9.78 Å². The zero-order chi connectivity index (χ0) is 14.8. The fourth-order valence-corrected chi connectivity index (χ4v) is 2.28. The summed E-state index contributed by atoms with van der Waals surface area (Å²) in [6, 6.07) is 7.95. The molecular weight excluding hydrogens is 268 g/mol. The zero-order valence-corrected chi connectivity index (χ0v) is 11.6. The molecule has 21 heavy (non-hydrogen) atoms. The molecule has 0 unspecified atom stereocenters. The van der Waals surface area contributed by atoms with E-state index < -0.39 is 0 Å². The molecule has 7 nitrogen and oxygen atoms in total. The Hall–Kier alpha value is -2.67. The minimum Gasteiger partial charge on any atom is -0.369 e. The third-order valence-corrected chi connectivity index (χ3v) is 3.30. The lowest BCUT2D eigenvalue weighted by atomic mass is 10.0. The van der Waals surface area contributed by atoms with Crippen molar-refractivity contribution < 1.29 is 0 Å². The van der Waals surface area contributed by atoms with Crippen LogP contribution in [0.1, 0.15) is 5.56 Å². The number of nitrogen functional groups attached to an aromatic ring is 1. The van der Waals surface area contributed by atoms with Crippen LogP contribution in [0.5, 0.6) is 0 Å². The first-order chi connectivity index (χ1) is 10.2. The number of aromatic nitrogens is 4. The first kappa shape index (κ1) is 13.3. The third kappa shape index (κ3) is 2.50. The van der Waals surface area contributed by atoms with Crippen molar-refractivity contribution in [1.82, 2.24) is 25.3 Å². The molecule has 0 saturated carbocycles. The number of likely N-dealkylation sites (N-methyl/N-ethyl adjacent to an activating group) is 1. The van der Waals surface area contributed by atoms with Gasteiger partial charge in [0.05, 0.1) is 0 Å². The molecule has 0 saturated heterocycles. The highest BCUT2D eigenvalue weighted by molar-refractivity contribution is 5.76. The van der Waals surface area contributed by atoms with Crippen LogP contribution in [0.25, 0.3) is 22.6 Å². The summed E-state index contributed by atoms with van der Waals surface area (Å²) in [6.45, 7) is 0.864. The Labute approximate surface area is 120 Å². The van der Waals surface area contributed by atoms with Gasteiger partial charge >= 0.3 is 0 Å². The van der Waals surface area contributed by atoms with Crippen LogP contribution in [0.3, 0.4) is 0 Å². The third-order valence-electron chi connectivity index (χ3n) is 3.30. The number of nitrogens with one attached hydrogen (secondary N) is 3. The van der Waals surface area contributed by atoms with E-state index in [1.165, 1.54) is 0 Å². The number of rotatable bonds is 4. The Kier molecular flexibility index (Phi) is 3.41. The Morgan fingerprint density at radius 2 is 2.05 bits per heavy atom. The summed E-state index contributed by atoms with van der Waals surface area (Å²) < 4.78 is 0. The van der Waals surface area contributed by atoms with Crippen LogP contribution in [-0.2, 0) is 6.42 Å². The van der Waals surface area contributed by atoms with Crippen molar-refractivity contribution in [2.75, 3.05) is 19.3 Å². The molecule has 0 atom stereocenters. The van der Waals surface area contributed by atoms with E-state index in [0.717, 1.165) is 24.1 Å². The van der Waals surface area contributed by atoms with Crippen LogP contribution in [0.2, 0.25) is 0 Å². The van der Waals surface area contributed by atoms with Crippen LogP contribution in [0, 0.1) is 0 Å². The number of aromatic amines is 2. The van der Waals surface area contributed by atoms with Gasteiger partial charge in [0.1, 0.15) is 5.82 Å². The van der Waals surface area contributed by atoms with Gasteiger partial charge in [-0.2, -0.15) is 4.98 Å². The Morgan fingerprint density at radius 1 is 1.24 bits per heavy atom. The Balaban J connectivity index is 2.13. The van der Waals surface area contributed by atoms with Gasteiger partial charge in [0.25, 0.3) is 5.56 Å². The van der Waals surface area contributed by atoms with Crippen molar-refractivity contribution in [3.8, 4) is 11.4 Å². The van der Waals surface area contributed by atoms with Crippen LogP contribution in [-0.4, -0.2) is 33.5 Å². The van der Waals surface area contributed by atoms with Gasteiger partial charge < -0.3 is 16.0 Å². The normalized spacial score (nSPS) is 11.1. The van der Waals surface area contributed by atoms with E-state index in [4.69, 9.17) is 5.73 Å². The molecule has 0 fully saturated rings. The smallest absolute Gasteiger partial charge is 0.278 e. The molecule has 0 aliphatic rings. The van der Waals surface area contributed by atoms with Gasteiger partial charge in [-0.25, -0.2) is 4.98 Å². The highest BCUT2D eigenvalue weighted by atomic mass is 16.1. The topological polar surface area (TPSA) is 112 Å². The molecule has 2 aromatic heterocycles. The lowest BCUT2D eigenvalue weighted by Gasteiger charge is -2.06. The van der Waals surface area contributed by atoms with Crippen LogP contribution in [0.4, 0.5) is 5.95 Å². The summed E-state index contributed by atoms with van der Waals surface area (Å²) in [5.74, 6) is 0.689. The summed E-state index contributed by atoms with van der Waals surface area (Å²) in [4.78, 5) is 25.8. The predicted octanol–water partition coefficient (Wildman–Crippen LogP) is 0.657. The number of hydrogen-bond acceptors (Lipinski definition) is 5. The van der Waals surface area contributed by atoms with E-state index in [1.807, 2.05) is 31.3 Å².